The molecule has 4 atom stereocenters. The van der Waals surface area contributed by atoms with Crippen LogP contribution in [-0.2, 0) is 26.7 Å². The maximum atomic E-state index is 13.7. The van der Waals surface area contributed by atoms with Crippen molar-refractivity contribution in [3.05, 3.63) is 74.8 Å². The van der Waals surface area contributed by atoms with Gasteiger partial charge in [0.25, 0.3) is 0 Å². The van der Waals surface area contributed by atoms with Crippen molar-refractivity contribution in [2.45, 2.75) is 44.6 Å². The van der Waals surface area contributed by atoms with Crippen LogP contribution in [0.15, 0.2) is 53.1 Å². The number of alkyl halides is 6. The SMILES string of the molecule is COCC1=C([C@H](O)CC/C(C)=C/c2ccc(O)cc2Cl)[C@H](CO)[C@@H]2C(=O)N(c3cc(C(F)(F)F)cc(C(F)(F)F)c3)C(=O)[C@@H]2C1. The standard InChI is InChI=1S/C31H30ClF6NO6/c1-15(7-16-4-5-21(41)12-24(16)32)3-6-25(42)26-17(14-45-2)8-22-27(23(26)13-40)29(44)39(28(22)43)20-10-18(30(33,34)35)9-19(11-20)31(36,37)38/h4-5,7,9-12,22-23,25,27,40-42H,3,6,8,13-14H2,1-2H3/b15-7+/t22-,23+,25-,27-/m1/s1. The van der Waals surface area contributed by atoms with E-state index in [1.165, 1.54) is 19.2 Å². The molecule has 0 spiro atoms. The van der Waals surface area contributed by atoms with Crippen LogP contribution in [0.3, 0.4) is 0 Å². The number of fused-ring (bicyclic) bond motifs is 1. The van der Waals surface area contributed by atoms with Crippen molar-refractivity contribution >= 4 is 35.2 Å². The van der Waals surface area contributed by atoms with Crippen molar-refractivity contribution < 1.29 is 56.0 Å². The number of carbonyl (C=O) groups excluding carboxylic acids is 2. The topological polar surface area (TPSA) is 107 Å². The number of anilines is 1. The van der Waals surface area contributed by atoms with Crippen LogP contribution in [0.2, 0.25) is 5.02 Å². The summed E-state index contributed by atoms with van der Waals surface area (Å²) in [5.41, 5.74) is -2.22. The minimum Gasteiger partial charge on any atom is -0.508 e. The van der Waals surface area contributed by atoms with Crippen LogP contribution in [0.4, 0.5) is 32.0 Å². The Balaban J connectivity index is 1.66. The predicted octanol–water partition coefficient (Wildman–Crippen LogP) is 6.39. The van der Waals surface area contributed by atoms with Gasteiger partial charge in [0, 0.05) is 13.0 Å². The summed E-state index contributed by atoms with van der Waals surface area (Å²) in [6.45, 7) is 0.942. The Kier molecular flexibility index (Phi) is 10.1. The Morgan fingerprint density at radius 1 is 1.07 bits per heavy atom. The monoisotopic (exact) mass is 661 g/mol. The van der Waals surface area contributed by atoms with E-state index < -0.39 is 71.4 Å². The van der Waals surface area contributed by atoms with E-state index in [9.17, 15) is 51.3 Å². The average Bonchev–Trinajstić information content (AvgIpc) is 3.20. The first kappa shape index (κ1) is 34.5. The second-order valence-electron chi connectivity index (χ2n) is 11.1. The number of rotatable bonds is 9. The van der Waals surface area contributed by atoms with E-state index in [0.717, 1.165) is 5.57 Å². The lowest BCUT2D eigenvalue weighted by Gasteiger charge is -2.36. The highest BCUT2D eigenvalue weighted by molar-refractivity contribution is 6.32. The number of benzene rings is 2. The molecule has 3 N–H and O–H groups in total. The van der Waals surface area contributed by atoms with Crippen LogP contribution in [0.5, 0.6) is 5.75 Å². The Morgan fingerprint density at radius 3 is 2.22 bits per heavy atom. The smallest absolute Gasteiger partial charge is 0.416 e. The van der Waals surface area contributed by atoms with E-state index in [0.29, 0.717) is 39.6 Å². The third-order valence-electron chi connectivity index (χ3n) is 8.09. The number of allylic oxidation sites excluding steroid dienone is 1. The van der Waals surface area contributed by atoms with E-state index in [1.807, 2.05) is 0 Å². The van der Waals surface area contributed by atoms with E-state index in [-0.39, 0.29) is 36.8 Å². The maximum absolute atomic E-state index is 13.7. The Hall–Kier alpha value is -3.39. The Morgan fingerprint density at radius 2 is 1.69 bits per heavy atom. The van der Waals surface area contributed by atoms with Gasteiger partial charge in [-0.05, 0) is 79.3 Å². The normalized spacial score (nSPS) is 21.9. The van der Waals surface area contributed by atoms with Crippen LogP contribution >= 0.6 is 11.6 Å². The molecule has 1 fully saturated rings. The Bertz CT molecular complexity index is 1500. The highest BCUT2D eigenvalue weighted by atomic mass is 35.5. The third-order valence-corrected chi connectivity index (χ3v) is 8.41. The predicted molar refractivity (Wildman–Crippen MR) is 152 cm³/mol. The quantitative estimate of drug-likeness (QED) is 0.163. The molecule has 0 aromatic heterocycles. The number of halogens is 7. The molecule has 2 aromatic rings. The molecule has 0 unspecified atom stereocenters. The first-order valence-corrected chi connectivity index (χ1v) is 14.2. The number of hydrogen-bond acceptors (Lipinski definition) is 6. The third kappa shape index (κ3) is 7.21. The van der Waals surface area contributed by atoms with Gasteiger partial charge in [0.1, 0.15) is 5.75 Å². The summed E-state index contributed by atoms with van der Waals surface area (Å²) >= 11 is 6.17. The lowest BCUT2D eigenvalue weighted by atomic mass is 9.68. The molecule has 1 heterocycles. The molecule has 2 amide bonds. The van der Waals surface area contributed by atoms with Crippen molar-refractivity contribution in [3.63, 3.8) is 0 Å². The molecule has 244 valence electrons. The summed E-state index contributed by atoms with van der Waals surface area (Å²) in [5.74, 6) is -5.81. The number of aromatic hydroxyl groups is 1. The number of carbonyl (C=O) groups is 2. The first-order chi connectivity index (χ1) is 21.0. The average molecular weight is 662 g/mol. The molecule has 0 saturated carbocycles. The number of aliphatic hydroxyl groups excluding tert-OH is 2. The van der Waals surface area contributed by atoms with Crippen LogP contribution in [0.25, 0.3) is 6.08 Å². The van der Waals surface area contributed by atoms with Crippen LogP contribution in [0.1, 0.15) is 42.9 Å². The molecule has 0 radical (unpaired) electrons. The molecule has 45 heavy (non-hydrogen) atoms. The molecule has 1 saturated heterocycles. The molecule has 14 heteroatoms. The van der Waals surface area contributed by atoms with Crippen LogP contribution in [0, 0.1) is 17.8 Å². The first-order valence-electron chi connectivity index (χ1n) is 13.8. The number of phenolic OH excluding ortho intramolecular Hbond substituents is 1. The number of nitrogens with zero attached hydrogens (tertiary/aromatic N) is 1. The lowest BCUT2D eigenvalue weighted by Crippen LogP contribution is -2.39. The van der Waals surface area contributed by atoms with E-state index in [1.54, 1.807) is 19.1 Å². The highest BCUT2D eigenvalue weighted by Crippen LogP contribution is 2.48. The molecule has 0 bridgehead atoms. The fourth-order valence-corrected chi connectivity index (χ4v) is 6.31. The van der Waals surface area contributed by atoms with Crippen molar-refractivity contribution in [1.29, 1.82) is 0 Å². The van der Waals surface area contributed by atoms with Gasteiger partial charge in [-0.25, -0.2) is 4.90 Å². The van der Waals surface area contributed by atoms with Gasteiger partial charge < -0.3 is 20.1 Å². The number of imide groups is 1. The Labute approximate surface area is 259 Å². The number of hydrogen-bond donors (Lipinski definition) is 3. The summed E-state index contributed by atoms with van der Waals surface area (Å²) in [6.07, 6.45) is -9.64. The second kappa shape index (κ2) is 13.1. The zero-order valence-electron chi connectivity index (χ0n) is 24.0. The van der Waals surface area contributed by atoms with Gasteiger partial charge in [-0.2, -0.15) is 26.3 Å². The molecule has 1 aliphatic heterocycles. The van der Waals surface area contributed by atoms with Crippen LogP contribution in [-0.4, -0.2) is 53.6 Å². The number of phenols is 1. The van der Waals surface area contributed by atoms with E-state index >= 15 is 0 Å². The summed E-state index contributed by atoms with van der Waals surface area (Å²) in [6, 6.07) is 4.95. The molecule has 1 aliphatic carbocycles. The van der Waals surface area contributed by atoms with Crippen molar-refractivity contribution in [3.8, 4) is 5.75 Å². The minimum absolute atomic E-state index is 0.0131. The molecule has 7 nitrogen and oxygen atoms in total. The zero-order valence-corrected chi connectivity index (χ0v) is 24.8. The van der Waals surface area contributed by atoms with Gasteiger partial charge in [-0.15, -0.1) is 0 Å². The summed E-state index contributed by atoms with van der Waals surface area (Å²) in [5, 5.41) is 31.6. The maximum Gasteiger partial charge on any atom is 0.416 e. The fourth-order valence-electron chi connectivity index (χ4n) is 6.08. The van der Waals surface area contributed by atoms with Gasteiger partial charge in [0.05, 0.1) is 53.0 Å². The van der Waals surface area contributed by atoms with Crippen molar-refractivity contribution in [2.24, 2.45) is 17.8 Å². The molecule has 2 aliphatic rings. The minimum atomic E-state index is -5.20. The van der Waals surface area contributed by atoms with Gasteiger partial charge in [0.2, 0.25) is 11.8 Å². The second-order valence-corrected chi connectivity index (χ2v) is 11.6. The van der Waals surface area contributed by atoms with E-state index in [4.69, 9.17) is 16.3 Å². The van der Waals surface area contributed by atoms with Crippen molar-refractivity contribution in [1.82, 2.24) is 0 Å². The summed E-state index contributed by atoms with van der Waals surface area (Å²) < 4.78 is 86.5. The van der Waals surface area contributed by atoms with Crippen LogP contribution < -0.4 is 4.90 Å². The largest absolute Gasteiger partial charge is 0.508 e. The number of aliphatic hydroxyl groups is 2. The molecular formula is C31H30ClF6NO6. The summed E-state index contributed by atoms with van der Waals surface area (Å²) in [4.78, 5) is 27.5. The molecule has 4 rings (SSSR count). The number of amides is 2. The van der Waals surface area contributed by atoms with Crippen molar-refractivity contribution in [2.75, 3.05) is 25.2 Å². The molecular weight excluding hydrogens is 632 g/mol. The number of ether oxygens (including phenoxy) is 1. The molecule has 2 aromatic carbocycles. The van der Waals surface area contributed by atoms with Gasteiger partial charge in [0.15, 0.2) is 0 Å². The fraction of sp³-hybridized carbons (Fsp3) is 0.419. The number of methoxy groups -OCH3 is 1. The van der Waals surface area contributed by atoms with Gasteiger partial charge >= 0.3 is 12.4 Å². The highest BCUT2D eigenvalue weighted by Gasteiger charge is 2.55. The zero-order chi connectivity index (χ0) is 33.4. The lowest BCUT2D eigenvalue weighted by molar-refractivity contribution is -0.143. The van der Waals surface area contributed by atoms with E-state index in [2.05, 4.69) is 0 Å². The summed E-state index contributed by atoms with van der Waals surface area (Å²) in [7, 11) is 1.35. The van der Waals surface area contributed by atoms with Gasteiger partial charge in [-0.3, -0.25) is 9.59 Å². The van der Waals surface area contributed by atoms with Gasteiger partial charge in [-0.1, -0.05) is 23.3 Å².